The molecule has 0 saturated heterocycles. The summed E-state index contributed by atoms with van der Waals surface area (Å²) in [5.74, 6) is -1.07. The minimum atomic E-state index is -0.414. The van der Waals surface area contributed by atoms with Gasteiger partial charge in [0.2, 0.25) is 11.8 Å². The van der Waals surface area contributed by atoms with Gasteiger partial charge in [-0.05, 0) is 48.5 Å². The predicted octanol–water partition coefficient (Wildman–Crippen LogP) is 3.83. The first-order chi connectivity index (χ1) is 12.0. The Morgan fingerprint density at radius 3 is 2.40 bits per heavy atom. The van der Waals surface area contributed by atoms with Crippen molar-refractivity contribution in [2.45, 2.75) is 0 Å². The molecule has 0 aliphatic rings. The zero-order valence-electron chi connectivity index (χ0n) is 13.4. The van der Waals surface area contributed by atoms with Crippen LogP contribution in [0.25, 0.3) is 6.08 Å². The number of hydrogen-bond donors (Lipinski definition) is 2. The van der Waals surface area contributed by atoms with Gasteiger partial charge in [0.05, 0.1) is 0 Å². The summed E-state index contributed by atoms with van der Waals surface area (Å²) in [6, 6.07) is 11.1. The molecule has 2 N–H and O–H groups in total. The molecule has 0 aromatic heterocycles. The Labute approximate surface area is 153 Å². The molecule has 0 heterocycles. The van der Waals surface area contributed by atoms with Gasteiger partial charge in [-0.2, -0.15) is 0 Å². The summed E-state index contributed by atoms with van der Waals surface area (Å²) in [4.78, 5) is 23.3. The molecule has 0 bridgehead atoms. The first kappa shape index (κ1) is 18.8. The van der Waals surface area contributed by atoms with Crippen LogP contribution in [0.4, 0.5) is 15.8 Å². The molecule has 0 aliphatic heterocycles. The van der Waals surface area contributed by atoms with Crippen LogP contribution in [-0.2, 0) is 14.3 Å². The van der Waals surface area contributed by atoms with E-state index < -0.39 is 11.7 Å². The number of benzene rings is 2. The molecule has 2 rings (SSSR count). The third kappa shape index (κ3) is 6.13. The highest BCUT2D eigenvalue weighted by Crippen LogP contribution is 2.17. The zero-order valence-corrected chi connectivity index (χ0v) is 15.0. The quantitative estimate of drug-likeness (QED) is 0.716. The SMILES string of the molecule is COCC(=O)Nc1ccc(NC(=O)/C=C/c2cc(Br)ccc2F)cc1. The molecule has 0 saturated carbocycles. The van der Waals surface area contributed by atoms with Gasteiger partial charge in [0.1, 0.15) is 12.4 Å². The summed E-state index contributed by atoms with van der Waals surface area (Å²) in [5.41, 5.74) is 1.45. The van der Waals surface area contributed by atoms with Crippen LogP contribution in [0.3, 0.4) is 0 Å². The summed E-state index contributed by atoms with van der Waals surface area (Å²) in [7, 11) is 1.44. The van der Waals surface area contributed by atoms with Crippen molar-refractivity contribution in [3.05, 3.63) is 64.4 Å². The lowest BCUT2D eigenvalue weighted by Crippen LogP contribution is -2.17. The third-order valence-corrected chi connectivity index (χ3v) is 3.58. The van der Waals surface area contributed by atoms with Gasteiger partial charge in [-0.15, -0.1) is 0 Å². The Morgan fingerprint density at radius 2 is 1.76 bits per heavy atom. The Balaban J connectivity index is 1.95. The van der Waals surface area contributed by atoms with Crippen molar-refractivity contribution in [1.29, 1.82) is 0 Å². The number of anilines is 2. The van der Waals surface area contributed by atoms with E-state index in [1.54, 1.807) is 36.4 Å². The molecule has 7 heteroatoms. The van der Waals surface area contributed by atoms with Crippen molar-refractivity contribution >= 4 is 45.2 Å². The molecule has 2 amide bonds. The number of rotatable bonds is 6. The number of hydrogen-bond acceptors (Lipinski definition) is 3. The summed E-state index contributed by atoms with van der Waals surface area (Å²) in [6.45, 7) is -0.0323. The van der Waals surface area contributed by atoms with Gasteiger partial charge in [0.25, 0.3) is 0 Å². The summed E-state index contributed by atoms with van der Waals surface area (Å²) in [5, 5.41) is 5.30. The van der Waals surface area contributed by atoms with E-state index in [1.807, 2.05) is 0 Å². The lowest BCUT2D eigenvalue weighted by Gasteiger charge is -2.06. The number of carbonyl (C=O) groups is 2. The van der Waals surface area contributed by atoms with E-state index in [4.69, 9.17) is 4.74 Å². The maximum Gasteiger partial charge on any atom is 0.250 e. The average Bonchev–Trinajstić information content (AvgIpc) is 2.58. The Hall–Kier alpha value is -2.51. The first-order valence-electron chi connectivity index (χ1n) is 7.31. The van der Waals surface area contributed by atoms with Crippen LogP contribution in [0.5, 0.6) is 0 Å². The summed E-state index contributed by atoms with van der Waals surface area (Å²) >= 11 is 3.25. The monoisotopic (exact) mass is 406 g/mol. The van der Waals surface area contributed by atoms with E-state index in [0.717, 1.165) is 4.47 Å². The topological polar surface area (TPSA) is 67.4 Å². The fourth-order valence-corrected chi connectivity index (χ4v) is 2.34. The molecule has 0 fully saturated rings. The lowest BCUT2D eigenvalue weighted by atomic mass is 10.2. The lowest BCUT2D eigenvalue weighted by molar-refractivity contribution is -0.119. The van der Waals surface area contributed by atoms with Crippen molar-refractivity contribution < 1.29 is 18.7 Å². The number of ether oxygens (including phenoxy) is 1. The standard InChI is InChI=1S/C18H16BrFN2O3/c1-25-11-18(24)22-15-6-4-14(5-7-15)21-17(23)9-2-12-10-13(19)3-8-16(12)20/h2-10H,11H2,1H3,(H,21,23)(H,22,24)/b9-2+. The van der Waals surface area contributed by atoms with Crippen LogP contribution in [0, 0.1) is 5.82 Å². The van der Waals surface area contributed by atoms with Crippen LogP contribution in [0.1, 0.15) is 5.56 Å². The van der Waals surface area contributed by atoms with E-state index >= 15 is 0 Å². The molecule has 0 atom stereocenters. The molecule has 2 aromatic rings. The summed E-state index contributed by atoms with van der Waals surface area (Å²) < 4.78 is 19.1. The molecular weight excluding hydrogens is 391 g/mol. The number of amides is 2. The fourth-order valence-electron chi connectivity index (χ4n) is 1.96. The van der Waals surface area contributed by atoms with Gasteiger partial charge in [-0.3, -0.25) is 9.59 Å². The maximum absolute atomic E-state index is 13.6. The number of halogens is 2. The number of carbonyl (C=O) groups excluding carboxylic acids is 2. The second-order valence-electron chi connectivity index (χ2n) is 5.05. The number of methoxy groups -OCH3 is 1. The van der Waals surface area contributed by atoms with Crippen molar-refractivity contribution in [2.75, 3.05) is 24.4 Å². The van der Waals surface area contributed by atoms with Crippen LogP contribution in [0.15, 0.2) is 53.0 Å². The van der Waals surface area contributed by atoms with E-state index in [2.05, 4.69) is 26.6 Å². The van der Waals surface area contributed by atoms with E-state index in [-0.39, 0.29) is 12.5 Å². The van der Waals surface area contributed by atoms with Gasteiger partial charge < -0.3 is 15.4 Å². The fraction of sp³-hybridized carbons (Fsp3) is 0.111. The minimum absolute atomic E-state index is 0.0323. The van der Waals surface area contributed by atoms with Crippen LogP contribution in [0.2, 0.25) is 0 Å². The van der Waals surface area contributed by atoms with Crippen LogP contribution in [-0.4, -0.2) is 25.5 Å². The highest BCUT2D eigenvalue weighted by atomic mass is 79.9. The molecule has 0 unspecified atom stereocenters. The van der Waals surface area contributed by atoms with Crippen molar-refractivity contribution in [3.63, 3.8) is 0 Å². The second-order valence-corrected chi connectivity index (χ2v) is 5.96. The second kappa shape index (κ2) is 9.10. The van der Waals surface area contributed by atoms with Gasteiger partial charge >= 0.3 is 0 Å². The third-order valence-electron chi connectivity index (χ3n) is 3.08. The van der Waals surface area contributed by atoms with Crippen molar-refractivity contribution in [3.8, 4) is 0 Å². The van der Waals surface area contributed by atoms with Gasteiger partial charge in [0.15, 0.2) is 0 Å². The smallest absolute Gasteiger partial charge is 0.250 e. The molecule has 0 radical (unpaired) electrons. The first-order valence-corrected chi connectivity index (χ1v) is 8.10. The molecular formula is C18H16BrFN2O3. The van der Waals surface area contributed by atoms with E-state index in [0.29, 0.717) is 16.9 Å². The molecule has 0 spiro atoms. The zero-order chi connectivity index (χ0) is 18.2. The van der Waals surface area contributed by atoms with Crippen molar-refractivity contribution in [2.24, 2.45) is 0 Å². The molecule has 5 nitrogen and oxygen atoms in total. The molecule has 25 heavy (non-hydrogen) atoms. The Kier molecular flexibility index (Phi) is 6.85. The van der Waals surface area contributed by atoms with Gasteiger partial charge in [0, 0.05) is 34.6 Å². The summed E-state index contributed by atoms with van der Waals surface area (Å²) in [6.07, 6.45) is 2.65. The molecule has 0 aliphatic carbocycles. The number of nitrogens with one attached hydrogen (secondary N) is 2. The Morgan fingerprint density at radius 1 is 1.12 bits per heavy atom. The van der Waals surface area contributed by atoms with E-state index in [1.165, 1.54) is 25.3 Å². The minimum Gasteiger partial charge on any atom is -0.375 e. The maximum atomic E-state index is 13.6. The van der Waals surface area contributed by atoms with E-state index in [9.17, 15) is 14.0 Å². The van der Waals surface area contributed by atoms with Gasteiger partial charge in [-0.25, -0.2) is 4.39 Å². The normalized spacial score (nSPS) is 10.7. The predicted molar refractivity (Wildman–Crippen MR) is 98.7 cm³/mol. The van der Waals surface area contributed by atoms with Gasteiger partial charge in [-0.1, -0.05) is 15.9 Å². The Bertz CT molecular complexity index is 791. The van der Waals surface area contributed by atoms with Crippen LogP contribution >= 0.6 is 15.9 Å². The molecule has 2 aromatic carbocycles. The highest BCUT2D eigenvalue weighted by molar-refractivity contribution is 9.10. The van der Waals surface area contributed by atoms with Crippen molar-refractivity contribution in [1.82, 2.24) is 0 Å². The average molecular weight is 407 g/mol. The largest absolute Gasteiger partial charge is 0.375 e. The molecule has 130 valence electrons. The highest BCUT2D eigenvalue weighted by Gasteiger charge is 2.03. The van der Waals surface area contributed by atoms with Crippen LogP contribution < -0.4 is 10.6 Å².